The third kappa shape index (κ3) is 2.45. The Kier molecular flexibility index (Phi) is 3.00. The van der Waals surface area contributed by atoms with Crippen LogP contribution < -0.4 is 5.32 Å². The van der Waals surface area contributed by atoms with Crippen molar-refractivity contribution in [3.63, 3.8) is 0 Å². The Labute approximate surface area is 127 Å². The topological polar surface area (TPSA) is 29.1 Å². The minimum atomic E-state index is 0.0406. The molecule has 3 aromatic rings. The van der Waals surface area contributed by atoms with Crippen LogP contribution in [-0.2, 0) is 0 Å². The van der Waals surface area contributed by atoms with E-state index in [1.54, 1.807) is 11.3 Å². The molecule has 0 atom stereocenters. The van der Waals surface area contributed by atoms with Gasteiger partial charge in [0.1, 0.15) is 0 Å². The highest BCUT2D eigenvalue weighted by Gasteiger charge is 2.23. The monoisotopic (exact) mass is 293 g/mol. The van der Waals surface area contributed by atoms with Crippen molar-refractivity contribution in [2.45, 2.75) is 18.9 Å². The van der Waals surface area contributed by atoms with Gasteiger partial charge in [-0.3, -0.25) is 4.79 Å². The lowest BCUT2D eigenvalue weighted by atomic mass is 10.0. The molecule has 1 saturated carbocycles. The highest BCUT2D eigenvalue weighted by Crippen LogP contribution is 2.34. The van der Waals surface area contributed by atoms with E-state index < -0.39 is 0 Å². The Bertz CT molecular complexity index is 817. The summed E-state index contributed by atoms with van der Waals surface area (Å²) in [4.78, 5) is 12.2. The fourth-order valence-corrected chi connectivity index (χ4v) is 3.50. The molecule has 0 bridgehead atoms. The summed E-state index contributed by atoms with van der Waals surface area (Å²) in [5.41, 5.74) is 3.06. The predicted molar refractivity (Wildman–Crippen MR) is 87.7 cm³/mol. The SMILES string of the molecule is O=C(NC1CC1)c1cccc(-c2csc3ccccc23)c1. The largest absolute Gasteiger partial charge is 0.349 e. The van der Waals surface area contributed by atoms with E-state index in [0.717, 1.165) is 24.0 Å². The van der Waals surface area contributed by atoms with Gasteiger partial charge in [-0.05, 0) is 42.0 Å². The second-order valence-electron chi connectivity index (χ2n) is 5.47. The Morgan fingerprint density at radius 2 is 1.95 bits per heavy atom. The number of benzene rings is 2. The molecule has 104 valence electrons. The summed E-state index contributed by atoms with van der Waals surface area (Å²) in [6.45, 7) is 0. The summed E-state index contributed by atoms with van der Waals surface area (Å²) in [7, 11) is 0. The van der Waals surface area contributed by atoms with Crippen molar-refractivity contribution < 1.29 is 4.79 Å². The first-order valence-electron chi connectivity index (χ1n) is 7.19. The van der Waals surface area contributed by atoms with E-state index in [-0.39, 0.29) is 5.91 Å². The van der Waals surface area contributed by atoms with Gasteiger partial charge in [0.25, 0.3) is 5.91 Å². The molecule has 1 aliphatic rings. The number of fused-ring (bicyclic) bond motifs is 1. The molecular formula is C18H15NOS. The van der Waals surface area contributed by atoms with Gasteiger partial charge in [0, 0.05) is 27.3 Å². The lowest BCUT2D eigenvalue weighted by molar-refractivity contribution is 0.0951. The summed E-state index contributed by atoms with van der Waals surface area (Å²) >= 11 is 1.74. The molecule has 0 radical (unpaired) electrons. The van der Waals surface area contributed by atoms with Crippen LogP contribution in [0.15, 0.2) is 53.9 Å². The smallest absolute Gasteiger partial charge is 0.251 e. The highest BCUT2D eigenvalue weighted by atomic mass is 32.1. The molecule has 0 aliphatic heterocycles. The van der Waals surface area contributed by atoms with Crippen molar-refractivity contribution in [1.82, 2.24) is 5.32 Å². The molecule has 1 fully saturated rings. The fourth-order valence-electron chi connectivity index (χ4n) is 2.53. The molecule has 1 aromatic heterocycles. The van der Waals surface area contributed by atoms with E-state index in [2.05, 4.69) is 41.0 Å². The Hall–Kier alpha value is -2.13. The minimum absolute atomic E-state index is 0.0406. The van der Waals surface area contributed by atoms with Gasteiger partial charge in [0.05, 0.1) is 0 Å². The molecule has 0 saturated heterocycles. The predicted octanol–water partition coefficient (Wildman–Crippen LogP) is 4.46. The summed E-state index contributed by atoms with van der Waals surface area (Å²) in [6, 6.07) is 16.7. The molecule has 1 amide bonds. The van der Waals surface area contributed by atoms with Crippen LogP contribution >= 0.6 is 11.3 Å². The number of hydrogen-bond donors (Lipinski definition) is 1. The summed E-state index contributed by atoms with van der Waals surface area (Å²) in [5.74, 6) is 0.0406. The van der Waals surface area contributed by atoms with E-state index >= 15 is 0 Å². The number of nitrogens with one attached hydrogen (secondary N) is 1. The number of hydrogen-bond acceptors (Lipinski definition) is 2. The average molecular weight is 293 g/mol. The summed E-state index contributed by atoms with van der Waals surface area (Å²) in [6.07, 6.45) is 2.22. The van der Waals surface area contributed by atoms with Crippen molar-refractivity contribution in [2.24, 2.45) is 0 Å². The number of carbonyl (C=O) groups excluding carboxylic acids is 1. The van der Waals surface area contributed by atoms with E-state index in [0.29, 0.717) is 6.04 Å². The lowest BCUT2D eigenvalue weighted by Gasteiger charge is -2.06. The molecule has 1 N–H and O–H groups in total. The number of thiophene rings is 1. The molecule has 1 aliphatic carbocycles. The molecule has 0 unspecified atom stereocenters. The van der Waals surface area contributed by atoms with Crippen molar-refractivity contribution >= 4 is 27.3 Å². The zero-order chi connectivity index (χ0) is 14.2. The van der Waals surface area contributed by atoms with Gasteiger partial charge in [-0.15, -0.1) is 11.3 Å². The molecule has 21 heavy (non-hydrogen) atoms. The van der Waals surface area contributed by atoms with Crippen LogP contribution in [0.2, 0.25) is 0 Å². The number of amides is 1. The standard InChI is InChI=1S/C18H15NOS/c20-18(19-14-8-9-14)13-5-3-4-12(10-13)16-11-21-17-7-2-1-6-15(16)17/h1-7,10-11,14H,8-9H2,(H,19,20). The molecule has 2 aromatic carbocycles. The minimum Gasteiger partial charge on any atom is -0.349 e. The quantitative estimate of drug-likeness (QED) is 0.759. The zero-order valence-electron chi connectivity index (χ0n) is 11.5. The lowest BCUT2D eigenvalue weighted by Crippen LogP contribution is -2.25. The first-order chi connectivity index (χ1) is 10.3. The van der Waals surface area contributed by atoms with Crippen LogP contribution in [0.4, 0.5) is 0 Å². The van der Waals surface area contributed by atoms with Crippen LogP contribution in [-0.4, -0.2) is 11.9 Å². The van der Waals surface area contributed by atoms with Crippen molar-refractivity contribution in [3.05, 3.63) is 59.5 Å². The van der Waals surface area contributed by atoms with Crippen LogP contribution in [0.1, 0.15) is 23.2 Å². The Morgan fingerprint density at radius 1 is 1.10 bits per heavy atom. The normalized spacial score (nSPS) is 14.3. The van der Waals surface area contributed by atoms with Gasteiger partial charge in [-0.2, -0.15) is 0 Å². The fraction of sp³-hybridized carbons (Fsp3) is 0.167. The molecule has 1 heterocycles. The van der Waals surface area contributed by atoms with Crippen LogP contribution in [0.3, 0.4) is 0 Å². The van der Waals surface area contributed by atoms with Gasteiger partial charge in [-0.1, -0.05) is 30.3 Å². The molecule has 4 rings (SSSR count). The van der Waals surface area contributed by atoms with Crippen LogP contribution in [0, 0.1) is 0 Å². The molecule has 2 nitrogen and oxygen atoms in total. The maximum Gasteiger partial charge on any atom is 0.251 e. The second kappa shape index (κ2) is 5.01. The number of rotatable bonds is 3. The van der Waals surface area contributed by atoms with E-state index in [9.17, 15) is 4.79 Å². The van der Waals surface area contributed by atoms with Gasteiger partial charge >= 0.3 is 0 Å². The van der Waals surface area contributed by atoms with Crippen molar-refractivity contribution in [3.8, 4) is 11.1 Å². The first-order valence-corrected chi connectivity index (χ1v) is 8.07. The first kappa shape index (κ1) is 12.6. The van der Waals surface area contributed by atoms with E-state index in [1.165, 1.54) is 15.6 Å². The van der Waals surface area contributed by atoms with Gasteiger partial charge in [0.15, 0.2) is 0 Å². The second-order valence-corrected chi connectivity index (χ2v) is 6.39. The summed E-state index contributed by atoms with van der Waals surface area (Å²) < 4.78 is 1.28. The Balaban J connectivity index is 1.73. The highest BCUT2D eigenvalue weighted by molar-refractivity contribution is 7.17. The van der Waals surface area contributed by atoms with Gasteiger partial charge in [0.2, 0.25) is 0 Å². The zero-order valence-corrected chi connectivity index (χ0v) is 12.3. The molecule has 3 heteroatoms. The van der Waals surface area contributed by atoms with Crippen LogP contribution in [0.5, 0.6) is 0 Å². The third-order valence-corrected chi connectivity index (χ3v) is 4.79. The third-order valence-electron chi connectivity index (χ3n) is 3.83. The van der Waals surface area contributed by atoms with Crippen molar-refractivity contribution in [1.29, 1.82) is 0 Å². The van der Waals surface area contributed by atoms with Gasteiger partial charge < -0.3 is 5.32 Å². The summed E-state index contributed by atoms with van der Waals surface area (Å²) in [5, 5.41) is 6.46. The number of carbonyl (C=O) groups is 1. The van der Waals surface area contributed by atoms with Crippen LogP contribution in [0.25, 0.3) is 21.2 Å². The van der Waals surface area contributed by atoms with E-state index in [4.69, 9.17) is 0 Å². The van der Waals surface area contributed by atoms with Gasteiger partial charge in [-0.25, -0.2) is 0 Å². The molecular weight excluding hydrogens is 278 g/mol. The maximum atomic E-state index is 12.2. The maximum absolute atomic E-state index is 12.2. The average Bonchev–Trinajstić information content (AvgIpc) is 3.23. The van der Waals surface area contributed by atoms with E-state index in [1.807, 2.05) is 18.2 Å². The Morgan fingerprint density at radius 3 is 2.81 bits per heavy atom. The molecule has 0 spiro atoms. The van der Waals surface area contributed by atoms with Crippen molar-refractivity contribution in [2.75, 3.05) is 0 Å².